The molecule has 0 saturated heterocycles. The minimum Gasteiger partial charge on any atom is -0.310 e. The first-order chi connectivity index (χ1) is 9.36. The molecule has 4 nitrogen and oxygen atoms in total. The lowest BCUT2D eigenvalue weighted by Crippen LogP contribution is -2.35. The van der Waals surface area contributed by atoms with Crippen LogP contribution in [0.5, 0.6) is 0 Å². The quantitative estimate of drug-likeness (QED) is 0.728. The van der Waals surface area contributed by atoms with Crippen LogP contribution in [0.25, 0.3) is 0 Å². The molecule has 2 N–H and O–H groups in total. The maximum absolute atomic E-state index is 12.4. The van der Waals surface area contributed by atoms with Gasteiger partial charge in [-0.05, 0) is 24.1 Å². The van der Waals surface area contributed by atoms with Crippen LogP contribution in [0.4, 0.5) is 0 Å². The highest BCUT2D eigenvalue weighted by molar-refractivity contribution is 7.99. The fourth-order valence-electron chi connectivity index (χ4n) is 1.65. The molecule has 0 bridgehead atoms. The van der Waals surface area contributed by atoms with E-state index in [1.807, 2.05) is 26.2 Å². The van der Waals surface area contributed by atoms with E-state index < -0.39 is 10.0 Å². The fourth-order valence-corrected chi connectivity index (χ4v) is 5.07. The summed E-state index contributed by atoms with van der Waals surface area (Å²) in [6.45, 7) is 8.65. The molecule has 0 aliphatic carbocycles. The molecule has 1 heterocycles. The second-order valence-corrected chi connectivity index (χ2v) is 8.93. The molecular formula is C13H24N2O2S3. The van der Waals surface area contributed by atoms with Crippen molar-refractivity contribution in [3.8, 4) is 0 Å². The van der Waals surface area contributed by atoms with Crippen LogP contribution in [0, 0.1) is 0 Å². The van der Waals surface area contributed by atoms with Crippen LogP contribution >= 0.6 is 23.1 Å². The average Bonchev–Trinajstić information content (AvgIpc) is 2.82. The Morgan fingerprint density at radius 2 is 2.05 bits per heavy atom. The van der Waals surface area contributed by atoms with Gasteiger partial charge in [-0.3, -0.25) is 0 Å². The Labute approximate surface area is 130 Å². The van der Waals surface area contributed by atoms with Crippen LogP contribution in [0.1, 0.15) is 32.6 Å². The van der Waals surface area contributed by atoms with Crippen LogP contribution in [0.3, 0.4) is 0 Å². The summed E-state index contributed by atoms with van der Waals surface area (Å²) in [6, 6.07) is 1.96. The van der Waals surface area contributed by atoms with Gasteiger partial charge in [-0.1, -0.05) is 20.8 Å². The molecule has 0 amide bonds. The smallest absolute Gasteiger partial charge is 0.241 e. The van der Waals surface area contributed by atoms with E-state index in [4.69, 9.17) is 0 Å². The largest absolute Gasteiger partial charge is 0.310 e. The van der Waals surface area contributed by atoms with Crippen molar-refractivity contribution in [2.24, 2.45) is 0 Å². The van der Waals surface area contributed by atoms with Gasteiger partial charge in [-0.25, -0.2) is 13.1 Å². The maximum Gasteiger partial charge on any atom is 0.241 e. The van der Waals surface area contributed by atoms with E-state index in [1.54, 1.807) is 17.8 Å². The topological polar surface area (TPSA) is 58.2 Å². The fraction of sp³-hybridized carbons (Fsp3) is 0.692. The van der Waals surface area contributed by atoms with E-state index in [0.717, 1.165) is 16.4 Å². The summed E-state index contributed by atoms with van der Waals surface area (Å²) in [6.07, 6.45) is 0. The molecule has 0 saturated carbocycles. The third kappa shape index (κ3) is 5.73. The van der Waals surface area contributed by atoms with Gasteiger partial charge in [0.05, 0.1) is 4.90 Å². The molecule has 7 heteroatoms. The SMILES string of the molecule is CCSCC(C)NS(=O)(=O)c1ccsc1CNC(C)C. The van der Waals surface area contributed by atoms with E-state index in [9.17, 15) is 8.42 Å². The molecule has 0 radical (unpaired) electrons. The maximum atomic E-state index is 12.4. The Morgan fingerprint density at radius 3 is 2.65 bits per heavy atom. The van der Waals surface area contributed by atoms with E-state index >= 15 is 0 Å². The summed E-state index contributed by atoms with van der Waals surface area (Å²) in [5.41, 5.74) is 0. The summed E-state index contributed by atoms with van der Waals surface area (Å²) >= 11 is 3.21. The zero-order valence-corrected chi connectivity index (χ0v) is 14.9. The molecule has 0 spiro atoms. The van der Waals surface area contributed by atoms with Crippen molar-refractivity contribution in [1.82, 2.24) is 10.0 Å². The van der Waals surface area contributed by atoms with Crippen LogP contribution in [0.15, 0.2) is 16.3 Å². The molecule has 1 aromatic heterocycles. The highest BCUT2D eigenvalue weighted by atomic mass is 32.2. The predicted molar refractivity (Wildman–Crippen MR) is 89.1 cm³/mol. The second kappa shape index (κ2) is 8.38. The van der Waals surface area contributed by atoms with Crippen LogP contribution < -0.4 is 10.0 Å². The monoisotopic (exact) mass is 336 g/mol. The van der Waals surface area contributed by atoms with Crippen molar-refractivity contribution >= 4 is 33.1 Å². The van der Waals surface area contributed by atoms with Gasteiger partial charge >= 0.3 is 0 Å². The Morgan fingerprint density at radius 1 is 1.35 bits per heavy atom. The molecule has 1 atom stereocenters. The molecule has 0 aliphatic heterocycles. The van der Waals surface area contributed by atoms with Gasteiger partial charge in [0.2, 0.25) is 10.0 Å². The third-order valence-corrected chi connectivity index (χ3v) is 6.46. The van der Waals surface area contributed by atoms with Gasteiger partial charge in [0.15, 0.2) is 0 Å². The van der Waals surface area contributed by atoms with Gasteiger partial charge in [-0.15, -0.1) is 11.3 Å². The molecule has 116 valence electrons. The third-order valence-electron chi connectivity index (χ3n) is 2.59. The molecule has 20 heavy (non-hydrogen) atoms. The number of thiophene rings is 1. The zero-order chi connectivity index (χ0) is 15.2. The average molecular weight is 337 g/mol. The number of sulfonamides is 1. The van der Waals surface area contributed by atoms with Crippen molar-refractivity contribution in [2.45, 2.75) is 51.2 Å². The van der Waals surface area contributed by atoms with Crippen LogP contribution in [-0.4, -0.2) is 32.0 Å². The first kappa shape index (κ1) is 18.0. The molecule has 1 unspecified atom stereocenters. The van der Waals surface area contributed by atoms with E-state index in [2.05, 4.69) is 17.0 Å². The number of rotatable bonds is 9. The van der Waals surface area contributed by atoms with Crippen molar-refractivity contribution in [3.63, 3.8) is 0 Å². The van der Waals surface area contributed by atoms with Gasteiger partial charge in [0.1, 0.15) is 0 Å². The first-order valence-electron chi connectivity index (χ1n) is 6.76. The molecule has 0 fully saturated rings. The molecular weight excluding hydrogens is 312 g/mol. The minimum absolute atomic E-state index is 0.0595. The predicted octanol–water partition coefficient (Wildman–Crippen LogP) is 2.67. The number of nitrogens with one attached hydrogen (secondary N) is 2. The Balaban J connectivity index is 2.74. The lowest BCUT2D eigenvalue weighted by atomic mass is 10.4. The second-order valence-electron chi connectivity index (χ2n) is 4.93. The Bertz CT molecular complexity index is 497. The summed E-state index contributed by atoms with van der Waals surface area (Å²) in [5.74, 6) is 1.79. The normalized spacial score (nSPS) is 13.8. The van der Waals surface area contributed by atoms with Crippen LogP contribution in [-0.2, 0) is 16.6 Å². The van der Waals surface area contributed by atoms with Crippen molar-refractivity contribution in [3.05, 3.63) is 16.3 Å². The van der Waals surface area contributed by atoms with Gasteiger partial charge in [0.25, 0.3) is 0 Å². The van der Waals surface area contributed by atoms with Gasteiger partial charge < -0.3 is 5.32 Å². The summed E-state index contributed by atoms with van der Waals surface area (Å²) in [5, 5.41) is 5.09. The number of thioether (sulfide) groups is 1. The zero-order valence-electron chi connectivity index (χ0n) is 12.5. The molecule has 0 aromatic carbocycles. The highest BCUT2D eigenvalue weighted by Gasteiger charge is 2.21. The first-order valence-corrected chi connectivity index (χ1v) is 10.3. The minimum atomic E-state index is -3.42. The number of hydrogen-bond acceptors (Lipinski definition) is 5. The van der Waals surface area contributed by atoms with E-state index in [-0.39, 0.29) is 6.04 Å². The van der Waals surface area contributed by atoms with Crippen molar-refractivity contribution < 1.29 is 8.42 Å². The summed E-state index contributed by atoms with van der Waals surface area (Å²) in [7, 11) is -3.42. The molecule has 1 rings (SSSR count). The Hall–Kier alpha value is -0.0800. The van der Waals surface area contributed by atoms with Gasteiger partial charge in [0, 0.05) is 29.3 Å². The summed E-state index contributed by atoms with van der Waals surface area (Å²) in [4.78, 5) is 1.27. The van der Waals surface area contributed by atoms with Crippen LogP contribution in [0.2, 0.25) is 0 Å². The lowest BCUT2D eigenvalue weighted by molar-refractivity contribution is 0.564. The van der Waals surface area contributed by atoms with E-state index in [0.29, 0.717) is 17.5 Å². The number of hydrogen-bond donors (Lipinski definition) is 2. The molecule has 0 aliphatic rings. The van der Waals surface area contributed by atoms with Crippen molar-refractivity contribution in [2.75, 3.05) is 11.5 Å². The lowest BCUT2D eigenvalue weighted by Gasteiger charge is -2.14. The van der Waals surface area contributed by atoms with Gasteiger partial charge in [-0.2, -0.15) is 11.8 Å². The van der Waals surface area contributed by atoms with Crippen molar-refractivity contribution in [1.29, 1.82) is 0 Å². The molecule has 1 aromatic rings. The summed E-state index contributed by atoms with van der Waals surface area (Å²) < 4.78 is 27.5. The van der Waals surface area contributed by atoms with E-state index in [1.165, 1.54) is 11.3 Å². The highest BCUT2D eigenvalue weighted by Crippen LogP contribution is 2.22. The standard InChI is InChI=1S/C13H24N2O2S3/c1-5-18-9-11(4)15-20(16,17)13-6-7-19-12(13)8-14-10(2)3/h6-7,10-11,14-15H,5,8-9H2,1-4H3. The Kier molecular flexibility index (Phi) is 7.53.